The molecule has 0 spiro atoms. The minimum atomic E-state index is -0.302. The fourth-order valence-corrected chi connectivity index (χ4v) is 3.36. The molecule has 142 valence electrons. The summed E-state index contributed by atoms with van der Waals surface area (Å²) in [5.41, 5.74) is 1.98. The number of nitrogens with zero attached hydrogens (tertiary/aromatic N) is 4. The van der Waals surface area contributed by atoms with E-state index < -0.39 is 0 Å². The zero-order valence-electron chi connectivity index (χ0n) is 15.5. The molecule has 3 heterocycles. The Hall–Kier alpha value is -2.87. The predicted molar refractivity (Wildman–Crippen MR) is 101 cm³/mol. The molecule has 27 heavy (non-hydrogen) atoms. The molecule has 1 aromatic carbocycles. The summed E-state index contributed by atoms with van der Waals surface area (Å²) in [5, 5.41) is 6.90. The number of fused-ring (bicyclic) bond motifs is 1. The second-order valence-electron chi connectivity index (χ2n) is 6.81. The molecule has 1 N–H and O–H groups in total. The highest BCUT2D eigenvalue weighted by molar-refractivity contribution is 5.92. The molecule has 8 nitrogen and oxygen atoms in total. The van der Waals surface area contributed by atoms with Gasteiger partial charge in [-0.3, -0.25) is 4.79 Å². The number of ether oxygens (including phenoxy) is 1. The van der Waals surface area contributed by atoms with Crippen LogP contribution in [0, 0.1) is 0 Å². The number of imidazole rings is 1. The molecule has 1 aliphatic rings. The van der Waals surface area contributed by atoms with Gasteiger partial charge in [-0.05, 0) is 26.0 Å². The van der Waals surface area contributed by atoms with E-state index in [1.54, 1.807) is 6.07 Å². The molecule has 0 unspecified atom stereocenters. The van der Waals surface area contributed by atoms with Crippen molar-refractivity contribution in [3.05, 3.63) is 41.9 Å². The number of para-hydroxylation sites is 2. The minimum absolute atomic E-state index is 0.198. The van der Waals surface area contributed by atoms with E-state index in [0.29, 0.717) is 25.6 Å². The van der Waals surface area contributed by atoms with Gasteiger partial charge in [0, 0.05) is 25.2 Å². The fourth-order valence-electron chi connectivity index (χ4n) is 3.36. The lowest BCUT2D eigenvalue weighted by Crippen LogP contribution is -2.36. The van der Waals surface area contributed by atoms with Crippen LogP contribution in [0.25, 0.3) is 11.0 Å². The Bertz CT molecular complexity index is 940. The summed E-state index contributed by atoms with van der Waals surface area (Å²) in [6.07, 6.45) is 0. The molecule has 8 heteroatoms. The smallest absolute Gasteiger partial charge is 0.290 e. The van der Waals surface area contributed by atoms with E-state index in [9.17, 15) is 4.79 Å². The zero-order valence-corrected chi connectivity index (χ0v) is 15.5. The van der Waals surface area contributed by atoms with Gasteiger partial charge in [-0.1, -0.05) is 17.3 Å². The molecular weight excluding hydrogens is 346 g/mol. The molecule has 0 radical (unpaired) electrons. The minimum Gasteiger partial charge on any atom is -0.378 e. The highest BCUT2D eigenvalue weighted by Crippen LogP contribution is 2.21. The van der Waals surface area contributed by atoms with E-state index in [1.165, 1.54) is 0 Å². The van der Waals surface area contributed by atoms with Gasteiger partial charge in [0.05, 0.1) is 30.8 Å². The van der Waals surface area contributed by atoms with Crippen LogP contribution in [0.2, 0.25) is 0 Å². The molecule has 3 aromatic rings. The molecule has 4 rings (SSSR count). The van der Waals surface area contributed by atoms with Crippen molar-refractivity contribution in [2.45, 2.75) is 26.4 Å². The summed E-state index contributed by atoms with van der Waals surface area (Å²) in [7, 11) is 0. The van der Waals surface area contributed by atoms with Crippen molar-refractivity contribution in [1.82, 2.24) is 20.0 Å². The van der Waals surface area contributed by atoms with Gasteiger partial charge in [-0.2, -0.15) is 0 Å². The Labute approximate surface area is 157 Å². The quantitative estimate of drug-likeness (QED) is 0.743. The first-order valence-electron chi connectivity index (χ1n) is 9.17. The van der Waals surface area contributed by atoms with E-state index >= 15 is 0 Å². The van der Waals surface area contributed by atoms with Crippen molar-refractivity contribution < 1.29 is 14.1 Å². The van der Waals surface area contributed by atoms with Crippen molar-refractivity contribution in [1.29, 1.82) is 0 Å². The molecule has 2 aromatic heterocycles. The summed E-state index contributed by atoms with van der Waals surface area (Å²) in [5.74, 6) is 1.37. The van der Waals surface area contributed by atoms with E-state index in [2.05, 4.69) is 33.9 Å². The average molecular weight is 369 g/mol. The second kappa shape index (κ2) is 7.40. The first-order valence-corrected chi connectivity index (χ1v) is 9.17. The first-order chi connectivity index (χ1) is 13.1. The van der Waals surface area contributed by atoms with Crippen LogP contribution in [0.1, 0.15) is 36.3 Å². The van der Waals surface area contributed by atoms with Crippen molar-refractivity contribution in [3.8, 4) is 0 Å². The van der Waals surface area contributed by atoms with Gasteiger partial charge >= 0.3 is 0 Å². The lowest BCUT2D eigenvalue weighted by atomic mass is 10.3. The Morgan fingerprint density at radius 2 is 2.04 bits per heavy atom. The largest absolute Gasteiger partial charge is 0.378 e. The van der Waals surface area contributed by atoms with Crippen molar-refractivity contribution in [2.75, 3.05) is 31.2 Å². The lowest BCUT2D eigenvalue weighted by molar-refractivity contribution is 0.0912. The predicted octanol–water partition coefficient (Wildman–Crippen LogP) is 2.37. The monoisotopic (exact) mass is 369 g/mol. The average Bonchev–Trinajstić information content (AvgIpc) is 3.31. The number of morpholine rings is 1. The molecule has 0 saturated carbocycles. The zero-order chi connectivity index (χ0) is 18.8. The van der Waals surface area contributed by atoms with Crippen LogP contribution in [-0.4, -0.2) is 46.9 Å². The highest BCUT2D eigenvalue weighted by atomic mass is 16.5. The summed E-state index contributed by atoms with van der Waals surface area (Å²) in [4.78, 5) is 19.2. The topological polar surface area (TPSA) is 85.4 Å². The molecule has 0 atom stereocenters. The third-order valence-corrected chi connectivity index (χ3v) is 4.65. The fraction of sp³-hybridized carbons (Fsp3) is 0.421. The normalized spacial score (nSPS) is 14.9. The Balaban J connectivity index is 1.47. The van der Waals surface area contributed by atoms with Gasteiger partial charge in [0.25, 0.3) is 5.91 Å². The molecular formula is C19H23N5O3. The van der Waals surface area contributed by atoms with Gasteiger partial charge in [0.1, 0.15) is 5.82 Å². The third kappa shape index (κ3) is 3.52. The summed E-state index contributed by atoms with van der Waals surface area (Å²) >= 11 is 0. The number of benzene rings is 1. The number of amides is 1. The van der Waals surface area contributed by atoms with Crippen LogP contribution >= 0.6 is 0 Å². The van der Waals surface area contributed by atoms with Crippen LogP contribution in [0.4, 0.5) is 5.82 Å². The molecule has 0 bridgehead atoms. The Morgan fingerprint density at radius 3 is 2.81 bits per heavy atom. The van der Waals surface area contributed by atoms with Gasteiger partial charge < -0.3 is 24.0 Å². The summed E-state index contributed by atoms with van der Waals surface area (Å²) in [6, 6.07) is 9.88. The van der Waals surface area contributed by atoms with Crippen molar-refractivity contribution in [3.63, 3.8) is 0 Å². The maximum absolute atomic E-state index is 12.5. The van der Waals surface area contributed by atoms with Crippen molar-refractivity contribution >= 4 is 22.8 Å². The number of nitrogens with one attached hydrogen (secondary N) is 1. The standard InChI is InChI=1S/C19H23N5O3/c1-13(2)24-15-6-4-3-5-14(15)21-18(24)12-20-19(25)16-11-17(22-27-16)23-7-9-26-10-8-23/h3-6,11,13H,7-10,12H2,1-2H3,(H,20,25). The number of aromatic nitrogens is 3. The van der Waals surface area contributed by atoms with E-state index in [1.807, 2.05) is 29.2 Å². The number of anilines is 1. The number of hydrogen-bond acceptors (Lipinski definition) is 6. The Morgan fingerprint density at radius 1 is 1.26 bits per heavy atom. The summed E-state index contributed by atoms with van der Waals surface area (Å²) < 4.78 is 12.7. The number of carbonyl (C=O) groups is 1. The summed E-state index contributed by atoms with van der Waals surface area (Å²) in [6.45, 7) is 7.31. The second-order valence-corrected chi connectivity index (χ2v) is 6.81. The third-order valence-electron chi connectivity index (χ3n) is 4.65. The van der Waals surface area contributed by atoms with Gasteiger partial charge in [0.2, 0.25) is 5.76 Å². The maximum atomic E-state index is 12.5. The van der Waals surface area contributed by atoms with Crippen LogP contribution in [0.5, 0.6) is 0 Å². The number of carbonyl (C=O) groups excluding carboxylic acids is 1. The lowest BCUT2D eigenvalue weighted by Gasteiger charge is -2.25. The van der Waals surface area contributed by atoms with Crippen LogP contribution in [0.3, 0.4) is 0 Å². The van der Waals surface area contributed by atoms with Crippen LogP contribution < -0.4 is 10.2 Å². The molecule has 1 aliphatic heterocycles. The van der Waals surface area contributed by atoms with Gasteiger partial charge in [0.15, 0.2) is 5.82 Å². The molecule has 0 aliphatic carbocycles. The van der Waals surface area contributed by atoms with E-state index in [0.717, 1.165) is 29.9 Å². The van der Waals surface area contributed by atoms with Gasteiger partial charge in [-0.15, -0.1) is 0 Å². The first kappa shape index (κ1) is 17.5. The maximum Gasteiger partial charge on any atom is 0.290 e. The van der Waals surface area contributed by atoms with E-state index in [-0.39, 0.29) is 17.7 Å². The molecule has 1 amide bonds. The van der Waals surface area contributed by atoms with Crippen molar-refractivity contribution in [2.24, 2.45) is 0 Å². The van der Waals surface area contributed by atoms with Crippen LogP contribution in [-0.2, 0) is 11.3 Å². The molecule has 1 saturated heterocycles. The van der Waals surface area contributed by atoms with E-state index in [4.69, 9.17) is 9.26 Å². The Kier molecular flexibility index (Phi) is 4.81. The number of rotatable bonds is 5. The molecule has 1 fully saturated rings. The highest BCUT2D eigenvalue weighted by Gasteiger charge is 2.20. The van der Waals surface area contributed by atoms with Crippen LogP contribution in [0.15, 0.2) is 34.9 Å². The SMILES string of the molecule is CC(C)n1c(CNC(=O)c2cc(N3CCOCC3)no2)nc2ccccc21. The number of hydrogen-bond donors (Lipinski definition) is 1. The van der Waals surface area contributed by atoms with Gasteiger partial charge in [-0.25, -0.2) is 4.98 Å².